The van der Waals surface area contributed by atoms with Crippen molar-refractivity contribution >= 4 is 33.2 Å². The lowest BCUT2D eigenvalue weighted by atomic mass is 10.1. The highest BCUT2D eigenvalue weighted by molar-refractivity contribution is 7.89. The molecule has 0 aliphatic heterocycles. The van der Waals surface area contributed by atoms with Crippen LogP contribution in [0.1, 0.15) is 18.5 Å². The average Bonchev–Trinajstić information content (AvgIpc) is 2.80. The van der Waals surface area contributed by atoms with Crippen LogP contribution in [0.3, 0.4) is 0 Å². The highest BCUT2D eigenvalue weighted by atomic mass is 32.2. The fourth-order valence-corrected chi connectivity index (χ4v) is 3.83. The van der Waals surface area contributed by atoms with Gasteiger partial charge in [-0.05, 0) is 73.2 Å². The Bertz CT molecular complexity index is 1220. The number of sulfonamides is 1. The molecule has 0 aliphatic carbocycles. The molecule has 1 atom stereocenters. The van der Waals surface area contributed by atoms with E-state index in [-0.39, 0.29) is 18.0 Å². The van der Waals surface area contributed by atoms with E-state index >= 15 is 0 Å². The van der Waals surface area contributed by atoms with E-state index in [9.17, 15) is 26.8 Å². The number of nitrogens with two attached hydrogens (primary N) is 1. The van der Waals surface area contributed by atoms with Gasteiger partial charge in [0.25, 0.3) is 0 Å². The number of carbonyl (C=O) groups is 2. The van der Waals surface area contributed by atoms with Gasteiger partial charge in [0.05, 0.1) is 18.0 Å². The van der Waals surface area contributed by atoms with Gasteiger partial charge in [-0.3, -0.25) is 14.5 Å². The molecule has 184 valence electrons. The Morgan fingerprint density at radius 3 is 1.57 bits per heavy atom. The van der Waals surface area contributed by atoms with Crippen LogP contribution in [-0.4, -0.2) is 38.2 Å². The van der Waals surface area contributed by atoms with E-state index < -0.39 is 39.5 Å². The summed E-state index contributed by atoms with van der Waals surface area (Å²) >= 11 is 0. The summed E-state index contributed by atoms with van der Waals surface area (Å²) in [6.45, 7) is 1.35. The van der Waals surface area contributed by atoms with Crippen molar-refractivity contribution in [2.24, 2.45) is 5.14 Å². The first-order chi connectivity index (χ1) is 16.5. The Balaban J connectivity index is 1.77. The zero-order chi connectivity index (χ0) is 25.6. The van der Waals surface area contributed by atoms with E-state index in [1.807, 2.05) is 0 Å². The minimum absolute atomic E-state index is 0.0666. The smallest absolute Gasteiger partial charge is 0.238 e. The van der Waals surface area contributed by atoms with E-state index in [0.29, 0.717) is 16.9 Å². The molecule has 0 saturated heterocycles. The molecule has 3 rings (SSSR count). The molecular formula is C24H24F2N4O4S. The molecule has 0 bridgehead atoms. The van der Waals surface area contributed by atoms with E-state index in [2.05, 4.69) is 10.6 Å². The number of benzene rings is 3. The number of anilines is 2. The highest BCUT2D eigenvalue weighted by Gasteiger charge is 2.22. The van der Waals surface area contributed by atoms with Crippen molar-refractivity contribution in [3.63, 3.8) is 0 Å². The summed E-state index contributed by atoms with van der Waals surface area (Å²) in [6, 6.07) is 15.8. The molecule has 0 spiro atoms. The van der Waals surface area contributed by atoms with Crippen LogP contribution in [0.4, 0.5) is 20.2 Å². The van der Waals surface area contributed by atoms with Gasteiger partial charge in [0.2, 0.25) is 21.8 Å². The fourth-order valence-electron chi connectivity index (χ4n) is 3.31. The predicted octanol–water partition coefficient (Wildman–Crippen LogP) is 3.25. The molecule has 0 aliphatic rings. The predicted molar refractivity (Wildman–Crippen MR) is 128 cm³/mol. The number of hydrogen-bond donors (Lipinski definition) is 3. The van der Waals surface area contributed by atoms with Crippen LogP contribution in [0, 0.1) is 11.6 Å². The molecule has 11 heteroatoms. The zero-order valence-corrected chi connectivity index (χ0v) is 19.6. The van der Waals surface area contributed by atoms with Gasteiger partial charge in [-0.2, -0.15) is 0 Å². The summed E-state index contributed by atoms with van der Waals surface area (Å²) in [4.78, 5) is 26.9. The first-order valence-corrected chi connectivity index (χ1v) is 12.0. The molecule has 0 heterocycles. The molecule has 4 N–H and O–H groups in total. The fraction of sp³-hybridized carbons (Fsp3) is 0.167. The van der Waals surface area contributed by atoms with Crippen LogP contribution in [0.15, 0.2) is 77.7 Å². The SMILES string of the molecule is C[C@@H](c1ccc(S(N)(=O)=O)cc1)N(CC(=O)Nc1ccc(F)cc1)CC(=O)Nc1ccc(F)cc1. The summed E-state index contributed by atoms with van der Waals surface area (Å²) < 4.78 is 49.4. The van der Waals surface area contributed by atoms with Crippen molar-refractivity contribution < 1.29 is 26.8 Å². The van der Waals surface area contributed by atoms with Crippen molar-refractivity contribution in [2.75, 3.05) is 23.7 Å². The Labute approximate surface area is 201 Å². The van der Waals surface area contributed by atoms with Gasteiger partial charge in [0.15, 0.2) is 0 Å². The lowest BCUT2D eigenvalue weighted by molar-refractivity contribution is -0.120. The minimum Gasteiger partial charge on any atom is -0.325 e. The van der Waals surface area contributed by atoms with Gasteiger partial charge in [-0.25, -0.2) is 22.3 Å². The van der Waals surface area contributed by atoms with Crippen LogP contribution >= 0.6 is 0 Å². The second-order valence-corrected chi connectivity index (χ2v) is 9.37. The van der Waals surface area contributed by atoms with E-state index in [1.54, 1.807) is 24.0 Å². The molecule has 0 unspecified atom stereocenters. The van der Waals surface area contributed by atoms with Crippen LogP contribution in [0.5, 0.6) is 0 Å². The van der Waals surface area contributed by atoms with Crippen molar-refractivity contribution in [3.8, 4) is 0 Å². The van der Waals surface area contributed by atoms with Crippen molar-refractivity contribution in [1.82, 2.24) is 4.90 Å². The summed E-state index contributed by atoms with van der Waals surface area (Å²) in [5, 5.41) is 10.4. The first-order valence-electron chi connectivity index (χ1n) is 10.5. The molecule has 0 saturated carbocycles. The Hall–Kier alpha value is -3.67. The molecule has 0 fully saturated rings. The topological polar surface area (TPSA) is 122 Å². The van der Waals surface area contributed by atoms with Crippen LogP contribution in [-0.2, 0) is 19.6 Å². The van der Waals surface area contributed by atoms with E-state index in [0.717, 1.165) is 0 Å². The van der Waals surface area contributed by atoms with Crippen molar-refractivity contribution in [1.29, 1.82) is 0 Å². The maximum Gasteiger partial charge on any atom is 0.238 e. The summed E-state index contributed by atoms with van der Waals surface area (Å²) in [5.74, 6) is -1.78. The van der Waals surface area contributed by atoms with Gasteiger partial charge in [-0.1, -0.05) is 12.1 Å². The number of rotatable bonds is 9. The number of primary sulfonamides is 1. The largest absolute Gasteiger partial charge is 0.325 e. The maximum atomic E-state index is 13.1. The molecule has 0 radical (unpaired) electrons. The van der Waals surface area contributed by atoms with Gasteiger partial charge in [0.1, 0.15) is 11.6 Å². The first kappa shape index (κ1) is 25.9. The number of nitrogens with zero attached hydrogens (tertiary/aromatic N) is 1. The molecule has 3 aromatic rings. The molecule has 35 heavy (non-hydrogen) atoms. The van der Waals surface area contributed by atoms with Gasteiger partial charge < -0.3 is 10.6 Å². The highest BCUT2D eigenvalue weighted by Crippen LogP contribution is 2.22. The Kier molecular flexibility index (Phi) is 8.28. The Morgan fingerprint density at radius 1 is 0.800 bits per heavy atom. The third kappa shape index (κ3) is 7.67. The number of halogens is 2. The molecular weight excluding hydrogens is 478 g/mol. The zero-order valence-electron chi connectivity index (χ0n) is 18.7. The summed E-state index contributed by atoms with van der Waals surface area (Å²) in [7, 11) is -3.87. The number of nitrogens with one attached hydrogen (secondary N) is 2. The van der Waals surface area contributed by atoms with Crippen molar-refractivity contribution in [3.05, 3.63) is 90.0 Å². The molecule has 0 aromatic heterocycles. The Morgan fingerprint density at radius 2 is 1.20 bits per heavy atom. The lowest BCUT2D eigenvalue weighted by Crippen LogP contribution is -2.40. The van der Waals surface area contributed by atoms with E-state index in [1.165, 1.54) is 60.7 Å². The van der Waals surface area contributed by atoms with Crippen LogP contribution < -0.4 is 15.8 Å². The third-order valence-corrected chi connectivity index (χ3v) is 6.12. The van der Waals surface area contributed by atoms with E-state index in [4.69, 9.17) is 5.14 Å². The maximum absolute atomic E-state index is 13.1. The summed E-state index contributed by atoms with van der Waals surface area (Å²) in [5.41, 5.74) is 1.41. The molecule has 8 nitrogen and oxygen atoms in total. The normalized spacial score (nSPS) is 12.3. The number of hydrogen-bond acceptors (Lipinski definition) is 5. The van der Waals surface area contributed by atoms with Gasteiger partial charge in [-0.15, -0.1) is 0 Å². The second-order valence-electron chi connectivity index (χ2n) is 7.81. The lowest BCUT2D eigenvalue weighted by Gasteiger charge is -2.28. The van der Waals surface area contributed by atoms with Crippen LogP contribution in [0.2, 0.25) is 0 Å². The number of carbonyl (C=O) groups excluding carboxylic acids is 2. The van der Waals surface area contributed by atoms with Gasteiger partial charge in [0, 0.05) is 17.4 Å². The second kappa shape index (κ2) is 11.2. The van der Waals surface area contributed by atoms with Crippen molar-refractivity contribution in [2.45, 2.75) is 17.9 Å². The quantitative estimate of drug-likeness (QED) is 0.415. The van der Waals surface area contributed by atoms with Gasteiger partial charge >= 0.3 is 0 Å². The molecule has 3 aromatic carbocycles. The average molecular weight is 503 g/mol. The minimum atomic E-state index is -3.87. The van der Waals surface area contributed by atoms with Crippen LogP contribution in [0.25, 0.3) is 0 Å². The third-order valence-electron chi connectivity index (χ3n) is 5.19. The summed E-state index contributed by atoms with van der Waals surface area (Å²) in [6.07, 6.45) is 0. The monoisotopic (exact) mass is 502 g/mol. The number of amides is 2. The molecule has 2 amide bonds. The standard InChI is InChI=1S/C24H24F2N4O4S/c1-16(17-2-12-22(13-3-17)35(27,33)34)30(14-23(31)28-20-8-4-18(25)5-9-20)15-24(32)29-21-10-6-19(26)7-11-21/h2-13,16H,14-15H2,1H3,(H,28,31)(H,29,32)(H2,27,33,34)/t16-/m0/s1.